The van der Waals surface area contributed by atoms with E-state index in [2.05, 4.69) is 9.55 Å². The summed E-state index contributed by atoms with van der Waals surface area (Å²) in [5.41, 5.74) is 2.06. The molecule has 1 aliphatic heterocycles. The first kappa shape index (κ1) is 8.47. The molecule has 0 unspecified atom stereocenters. The van der Waals surface area contributed by atoms with E-state index in [4.69, 9.17) is 0 Å². The SMILES string of the molecule is CC(=O)N1CCn2c1nc1ccccc12. The summed E-state index contributed by atoms with van der Waals surface area (Å²) in [6.45, 7) is 3.16. The lowest BCUT2D eigenvalue weighted by Crippen LogP contribution is -2.26. The van der Waals surface area contributed by atoms with Crippen LogP contribution in [0.3, 0.4) is 0 Å². The Bertz CT molecular complexity index is 544. The van der Waals surface area contributed by atoms with Gasteiger partial charge in [-0.2, -0.15) is 0 Å². The van der Waals surface area contributed by atoms with Crippen molar-refractivity contribution in [1.82, 2.24) is 9.55 Å². The smallest absolute Gasteiger partial charge is 0.226 e. The number of para-hydroxylation sites is 2. The van der Waals surface area contributed by atoms with Gasteiger partial charge in [0.15, 0.2) is 0 Å². The van der Waals surface area contributed by atoms with Crippen LogP contribution in [0.15, 0.2) is 24.3 Å². The van der Waals surface area contributed by atoms with Crippen LogP contribution >= 0.6 is 0 Å². The minimum atomic E-state index is 0.0593. The van der Waals surface area contributed by atoms with Crippen LogP contribution < -0.4 is 4.90 Å². The van der Waals surface area contributed by atoms with E-state index in [1.165, 1.54) is 0 Å². The molecule has 1 aliphatic rings. The Labute approximate surface area is 87.1 Å². The summed E-state index contributed by atoms with van der Waals surface area (Å²) < 4.78 is 2.09. The van der Waals surface area contributed by atoms with Crippen molar-refractivity contribution < 1.29 is 4.79 Å². The van der Waals surface area contributed by atoms with E-state index in [1.54, 1.807) is 11.8 Å². The molecule has 4 heteroatoms. The van der Waals surface area contributed by atoms with Crippen molar-refractivity contribution in [1.29, 1.82) is 0 Å². The number of carbonyl (C=O) groups excluding carboxylic acids is 1. The third-order valence-electron chi connectivity index (χ3n) is 2.80. The summed E-state index contributed by atoms with van der Waals surface area (Å²) in [6, 6.07) is 7.96. The van der Waals surface area contributed by atoms with Crippen LogP contribution in [0.1, 0.15) is 6.92 Å². The summed E-state index contributed by atoms with van der Waals surface area (Å²) in [5.74, 6) is 0.841. The predicted molar refractivity (Wildman–Crippen MR) is 57.8 cm³/mol. The highest BCUT2D eigenvalue weighted by Crippen LogP contribution is 2.26. The molecule has 2 aromatic rings. The van der Waals surface area contributed by atoms with Gasteiger partial charge in [-0.05, 0) is 12.1 Å². The molecule has 0 bridgehead atoms. The van der Waals surface area contributed by atoms with Crippen LogP contribution in [0, 0.1) is 0 Å². The van der Waals surface area contributed by atoms with Gasteiger partial charge in [-0.1, -0.05) is 12.1 Å². The maximum absolute atomic E-state index is 11.4. The molecule has 1 aromatic carbocycles. The van der Waals surface area contributed by atoms with Gasteiger partial charge in [-0.3, -0.25) is 9.69 Å². The standard InChI is InChI=1S/C11H11N3O/c1-8(15)13-6-7-14-10-5-3-2-4-9(10)12-11(13)14/h2-5H,6-7H2,1H3. The number of rotatable bonds is 0. The van der Waals surface area contributed by atoms with Crippen molar-refractivity contribution in [3.8, 4) is 0 Å². The normalized spacial score (nSPS) is 14.6. The number of aromatic nitrogens is 2. The van der Waals surface area contributed by atoms with Crippen LogP contribution in [0.4, 0.5) is 5.95 Å². The minimum Gasteiger partial charge on any atom is -0.308 e. The zero-order chi connectivity index (χ0) is 10.4. The number of nitrogens with zero attached hydrogens (tertiary/aromatic N) is 3. The highest BCUT2D eigenvalue weighted by atomic mass is 16.2. The summed E-state index contributed by atoms with van der Waals surface area (Å²) in [4.78, 5) is 17.5. The fourth-order valence-corrected chi connectivity index (χ4v) is 2.09. The summed E-state index contributed by atoms with van der Waals surface area (Å²) in [7, 11) is 0. The molecule has 15 heavy (non-hydrogen) atoms. The van der Waals surface area contributed by atoms with E-state index in [1.807, 2.05) is 24.3 Å². The number of hydrogen-bond donors (Lipinski definition) is 0. The highest BCUT2D eigenvalue weighted by molar-refractivity contribution is 5.93. The Morgan fingerprint density at radius 2 is 2.13 bits per heavy atom. The minimum absolute atomic E-state index is 0.0593. The average Bonchev–Trinajstić information content (AvgIpc) is 2.74. The van der Waals surface area contributed by atoms with E-state index in [-0.39, 0.29) is 5.91 Å². The van der Waals surface area contributed by atoms with Gasteiger partial charge in [0, 0.05) is 20.0 Å². The number of imidazole rings is 1. The van der Waals surface area contributed by atoms with Gasteiger partial charge in [0.1, 0.15) is 0 Å². The first-order chi connectivity index (χ1) is 7.27. The van der Waals surface area contributed by atoms with E-state index in [0.29, 0.717) is 0 Å². The van der Waals surface area contributed by atoms with Crippen molar-refractivity contribution in [3.63, 3.8) is 0 Å². The zero-order valence-electron chi connectivity index (χ0n) is 8.47. The van der Waals surface area contributed by atoms with Crippen molar-refractivity contribution in [3.05, 3.63) is 24.3 Å². The topological polar surface area (TPSA) is 38.1 Å². The van der Waals surface area contributed by atoms with E-state index >= 15 is 0 Å². The van der Waals surface area contributed by atoms with E-state index in [9.17, 15) is 4.79 Å². The zero-order valence-corrected chi connectivity index (χ0v) is 8.47. The largest absolute Gasteiger partial charge is 0.308 e. The van der Waals surface area contributed by atoms with Gasteiger partial charge in [0.2, 0.25) is 11.9 Å². The maximum Gasteiger partial charge on any atom is 0.226 e. The van der Waals surface area contributed by atoms with Gasteiger partial charge < -0.3 is 4.57 Å². The van der Waals surface area contributed by atoms with Gasteiger partial charge >= 0.3 is 0 Å². The van der Waals surface area contributed by atoms with Crippen molar-refractivity contribution in [2.45, 2.75) is 13.5 Å². The first-order valence-corrected chi connectivity index (χ1v) is 5.01. The van der Waals surface area contributed by atoms with E-state index in [0.717, 1.165) is 30.1 Å². The highest BCUT2D eigenvalue weighted by Gasteiger charge is 2.25. The molecule has 0 aliphatic carbocycles. The molecule has 0 radical (unpaired) electrons. The van der Waals surface area contributed by atoms with Crippen molar-refractivity contribution in [2.75, 3.05) is 11.4 Å². The predicted octanol–water partition coefficient (Wildman–Crippen LogP) is 1.40. The molecule has 3 rings (SSSR count). The molecular formula is C11H11N3O. The van der Waals surface area contributed by atoms with Crippen LogP contribution in [0.2, 0.25) is 0 Å². The van der Waals surface area contributed by atoms with E-state index < -0.39 is 0 Å². The fourth-order valence-electron chi connectivity index (χ4n) is 2.09. The van der Waals surface area contributed by atoms with Crippen LogP contribution in [-0.4, -0.2) is 22.0 Å². The number of benzene rings is 1. The van der Waals surface area contributed by atoms with Crippen molar-refractivity contribution in [2.24, 2.45) is 0 Å². The molecule has 2 heterocycles. The lowest BCUT2D eigenvalue weighted by molar-refractivity contribution is -0.116. The number of amides is 1. The summed E-state index contributed by atoms with van der Waals surface area (Å²) >= 11 is 0. The van der Waals surface area contributed by atoms with Gasteiger partial charge in [0.05, 0.1) is 11.0 Å². The second kappa shape index (κ2) is 2.82. The summed E-state index contributed by atoms with van der Waals surface area (Å²) in [5, 5.41) is 0. The lowest BCUT2D eigenvalue weighted by Gasteiger charge is -2.09. The quantitative estimate of drug-likeness (QED) is 0.646. The van der Waals surface area contributed by atoms with Crippen LogP contribution in [0.5, 0.6) is 0 Å². The first-order valence-electron chi connectivity index (χ1n) is 5.01. The Morgan fingerprint density at radius 3 is 2.93 bits per heavy atom. The lowest BCUT2D eigenvalue weighted by atomic mass is 10.3. The van der Waals surface area contributed by atoms with Gasteiger partial charge in [0.25, 0.3) is 0 Å². The Hall–Kier alpha value is -1.84. The van der Waals surface area contributed by atoms with Gasteiger partial charge in [-0.15, -0.1) is 0 Å². The molecule has 1 amide bonds. The third-order valence-corrected chi connectivity index (χ3v) is 2.80. The summed E-state index contributed by atoms with van der Waals surface area (Å²) in [6.07, 6.45) is 0. The number of hydrogen-bond acceptors (Lipinski definition) is 2. The molecule has 0 fully saturated rings. The maximum atomic E-state index is 11.4. The molecule has 4 nitrogen and oxygen atoms in total. The number of fused-ring (bicyclic) bond motifs is 3. The van der Waals surface area contributed by atoms with Crippen LogP contribution in [-0.2, 0) is 11.3 Å². The number of anilines is 1. The van der Waals surface area contributed by atoms with Crippen LogP contribution in [0.25, 0.3) is 11.0 Å². The Morgan fingerprint density at radius 1 is 1.33 bits per heavy atom. The molecule has 0 saturated heterocycles. The van der Waals surface area contributed by atoms with Gasteiger partial charge in [-0.25, -0.2) is 4.98 Å². The molecule has 0 saturated carbocycles. The molecule has 76 valence electrons. The molecule has 0 atom stereocenters. The molecule has 0 spiro atoms. The number of carbonyl (C=O) groups is 1. The second-order valence-corrected chi connectivity index (χ2v) is 3.72. The Kier molecular flexibility index (Phi) is 1.59. The fraction of sp³-hybridized carbons (Fsp3) is 0.273. The molecule has 0 N–H and O–H groups in total. The second-order valence-electron chi connectivity index (χ2n) is 3.72. The monoisotopic (exact) mass is 201 g/mol. The molecular weight excluding hydrogens is 190 g/mol. The third kappa shape index (κ3) is 1.08. The average molecular weight is 201 g/mol. The molecule has 1 aromatic heterocycles. The Balaban J connectivity index is 2.25. The van der Waals surface area contributed by atoms with Crippen molar-refractivity contribution >= 4 is 22.9 Å².